The third-order valence-corrected chi connectivity index (χ3v) is 11.3. The molecule has 0 saturated carbocycles. The number of aromatic nitrogens is 3. The number of benzene rings is 2. The van der Waals surface area contributed by atoms with Gasteiger partial charge in [0.2, 0.25) is 16.5 Å². The Bertz CT molecular complexity index is 1010. The first kappa shape index (κ1) is 24.1. The molecule has 2 aromatic carbocycles. The predicted molar refractivity (Wildman–Crippen MR) is 135 cm³/mol. The summed E-state index contributed by atoms with van der Waals surface area (Å²) in [5.74, 6) is 0.432. The molecule has 0 radical (unpaired) electrons. The molecule has 1 aromatic heterocycles. The van der Waals surface area contributed by atoms with Crippen LogP contribution in [0.2, 0.25) is 15.6 Å². The zero-order chi connectivity index (χ0) is 23.5. The SMILES string of the molecule is CC(C)(C)[Si](O[C@H]1COCCN(c2nc(Cl)nc(Cl)n2)C1)(c1ccccc1)c1ccccc1. The lowest BCUT2D eigenvalue weighted by Crippen LogP contribution is -2.68. The second kappa shape index (κ2) is 10.1. The Morgan fingerprint density at radius 1 is 0.909 bits per heavy atom. The monoisotopic (exact) mass is 502 g/mol. The van der Waals surface area contributed by atoms with E-state index < -0.39 is 8.32 Å². The number of rotatable bonds is 5. The Balaban J connectivity index is 1.75. The lowest BCUT2D eigenvalue weighted by atomic mass is 10.2. The Morgan fingerprint density at radius 3 is 1.97 bits per heavy atom. The van der Waals surface area contributed by atoms with E-state index in [0.717, 1.165) is 0 Å². The standard InChI is InChI=1S/C24H28Cl2N4O2Si/c1-24(2,3)33(19-10-6-4-7-11-19,20-12-8-5-9-13-20)32-18-16-30(14-15-31-17-18)23-28-21(25)27-22(26)29-23/h4-13,18H,14-17H2,1-3H3/t18-/m1/s1. The molecule has 1 atom stereocenters. The van der Waals surface area contributed by atoms with E-state index >= 15 is 0 Å². The van der Waals surface area contributed by atoms with Crippen LogP contribution < -0.4 is 15.3 Å². The summed E-state index contributed by atoms with van der Waals surface area (Å²) in [6, 6.07) is 21.2. The van der Waals surface area contributed by atoms with Crippen molar-refractivity contribution in [2.24, 2.45) is 0 Å². The van der Waals surface area contributed by atoms with E-state index in [1.165, 1.54) is 10.4 Å². The Kier molecular flexibility index (Phi) is 7.36. The van der Waals surface area contributed by atoms with E-state index in [9.17, 15) is 0 Å². The van der Waals surface area contributed by atoms with Gasteiger partial charge >= 0.3 is 0 Å². The molecule has 1 fully saturated rings. The average Bonchev–Trinajstić information content (AvgIpc) is 3.03. The van der Waals surface area contributed by atoms with Crippen molar-refractivity contribution in [2.45, 2.75) is 31.9 Å². The van der Waals surface area contributed by atoms with Crippen LogP contribution in [0.25, 0.3) is 0 Å². The van der Waals surface area contributed by atoms with Crippen LogP contribution in [-0.4, -0.2) is 55.7 Å². The highest BCUT2D eigenvalue weighted by molar-refractivity contribution is 6.99. The quantitative estimate of drug-likeness (QED) is 0.492. The zero-order valence-electron chi connectivity index (χ0n) is 19.0. The minimum atomic E-state index is -2.72. The van der Waals surface area contributed by atoms with E-state index in [2.05, 4.69) is 84.3 Å². The molecule has 9 heteroatoms. The van der Waals surface area contributed by atoms with Gasteiger partial charge in [0, 0.05) is 13.1 Å². The fourth-order valence-electron chi connectivity index (χ4n) is 4.43. The number of hydrogen-bond acceptors (Lipinski definition) is 6. The van der Waals surface area contributed by atoms with Crippen LogP contribution in [0, 0.1) is 0 Å². The van der Waals surface area contributed by atoms with E-state index in [0.29, 0.717) is 32.3 Å². The van der Waals surface area contributed by atoms with Gasteiger partial charge in [0.05, 0.1) is 19.3 Å². The van der Waals surface area contributed by atoms with Gasteiger partial charge in [-0.3, -0.25) is 0 Å². The van der Waals surface area contributed by atoms with Crippen LogP contribution in [0.1, 0.15) is 20.8 Å². The Labute approximate surface area is 206 Å². The minimum Gasteiger partial charge on any atom is -0.400 e. The van der Waals surface area contributed by atoms with Gasteiger partial charge in [-0.2, -0.15) is 15.0 Å². The highest BCUT2D eigenvalue weighted by Crippen LogP contribution is 2.37. The number of nitrogens with zero attached hydrogens (tertiary/aromatic N) is 4. The maximum atomic E-state index is 7.24. The van der Waals surface area contributed by atoms with Gasteiger partial charge in [-0.05, 0) is 38.6 Å². The third kappa shape index (κ3) is 5.23. The van der Waals surface area contributed by atoms with Crippen molar-refractivity contribution in [1.82, 2.24) is 15.0 Å². The lowest BCUT2D eigenvalue weighted by molar-refractivity contribution is 0.0678. The number of ether oxygens (including phenoxy) is 1. The van der Waals surface area contributed by atoms with Crippen LogP contribution in [0.3, 0.4) is 0 Å². The van der Waals surface area contributed by atoms with Crippen molar-refractivity contribution < 1.29 is 9.16 Å². The molecule has 6 nitrogen and oxygen atoms in total. The van der Waals surface area contributed by atoms with Crippen LogP contribution in [-0.2, 0) is 9.16 Å². The molecule has 0 N–H and O–H groups in total. The number of halogens is 2. The highest BCUT2D eigenvalue weighted by Gasteiger charge is 2.51. The van der Waals surface area contributed by atoms with Gasteiger partial charge in [0.15, 0.2) is 0 Å². The Hall–Kier alpha value is -2.03. The van der Waals surface area contributed by atoms with Gasteiger partial charge in [-0.25, -0.2) is 0 Å². The van der Waals surface area contributed by atoms with E-state index in [1.807, 2.05) is 17.0 Å². The molecule has 0 bridgehead atoms. The van der Waals surface area contributed by atoms with Crippen molar-refractivity contribution in [3.05, 3.63) is 71.2 Å². The third-order valence-electron chi connectivity index (χ3n) is 5.85. The number of hydrogen-bond donors (Lipinski definition) is 0. The normalized spacial score (nSPS) is 17.6. The average molecular weight is 504 g/mol. The molecule has 0 amide bonds. The summed E-state index contributed by atoms with van der Waals surface area (Å²) in [5.41, 5.74) is 0. The van der Waals surface area contributed by atoms with Crippen molar-refractivity contribution in [2.75, 3.05) is 31.2 Å². The largest absolute Gasteiger partial charge is 0.400 e. The van der Waals surface area contributed by atoms with Crippen LogP contribution in [0.4, 0.5) is 5.95 Å². The fraction of sp³-hybridized carbons (Fsp3) is 0.375. The molecule has 1 saturated heterocycles. The smallest absolute Gasteiger partial charge is 0.261 e. The van der Waals surface area contributed by atoms with E-state index in [-0.39, 0.29) is 21.7 Å². The maximum absolute atomic E-state index is 7.24. The van der Waals surface area contributed by atoms with Gasteiger partial charge in [-0.1, -0.05) is 81.4 Å². The molecular formula is C24H28Cl2N4O2Si. The second-order valence-electron chi connectivity index (χ2n) is 9.10. The molecule has 1 aliphatic rings. The molecule has 4 rings (SSSR count). The van der Waals surface area contributed by atoms with Gasteiger partial charge in [0.25, 0.3) is 8.32 Å². The van der Waals surface area contributed by atoms with Gasteiger partial charge < -0.3 is 14.1 Å². The van der Waals surface area contributed by atoms with Crippen LogP contribution in [0.15, 0.2) is 60.7 Å². The summed E-state index contributed by atoms with van der Waals surface area (Å²) < 4.78 is 13.2. The van der Waals surface area contributed by atoms with Crippen LogP contribution in [0.5, 0.6) is 0 Å². The molecule has 0 aliphatic carbocycles. The fourth-order valence-corrected chi connectivity index (χ4v) is 9.44. The maximum Gasteiger partial charge on any atom is 0.261 e. The van der Waals surface area contributed by atoms with Crippen LogP contribution >= 0.6 is 23.2 Å². The van der Waals surface area contributed by atoms with Gasteiger partial charge in [-0.15, -0.1) is 0 Å². The van der Waals surface area contributed by atoms with Crippen molar-refractivity contribution >= 4 is 47.8 Å². The van der Waals surface area contributed by atoms with E-state index in [1.54, 1.807) is 0 Å². The summed E-state index contributed by atoms with van der Waals surface area (Å²) in [6.45, 7) is 8.97. The topological polar surface area (TPSA) is 60.4 Å². The summed E-state index contributed by atoms with van der Waals surface area (Å²) in [5, 5.41) is 2.46. The van der Waals surface area contributed by atoms with Gasteiger partial charge in [0.1, 0.15) is 0 Å². The summed E-state index contributed by atoms with van der Waals surface area (Å²) in [7, 11) is -2.72. The summed E-state index contributed by atoms with van der Waals surface area (Å²) in [6.07, 6.45) is -0.201. The van der Waals surface area contributed by atoms with Crippen molar-refractivity contribution in [1.29, 1.82) is 0 Å². The van der Waals surface area contributed by atoms with Crippen molar-refractivity contribution in [3.63, 3.8) is 0 Å². The molecule has 2 heterocycles. The molecular weight excluding hydrogens is 475 g/mol. The first-order valence-electron chi connectivity index (χ1n) is 11.0. The highest BCUT2D eigenvalue weighted by atomic mass is 35.5. The predicted octanol–water partition coefficient (Wildman–Crippen LogP) is 3.96. The Morgan fingerprint density at radius 2 is 1.45 bits per heavy atom. The zero-order valence-corrected chi connectivity index (χ0v) is 21.6. The molecule has 0 spiro atoms. The summed E-state index contributed by atoms with van der Waals surface area (Å²) in [4.78, 5) is 14.4. The minimum absolute atomic E-state index is 0.0691. The second-order valence-corrected chi connectivity index (χ2v) is 14.0. The first-order chi connectivity index (χ1) is 15.8. The molecule has 0 unspecified atom stereocenters. The molecule has 174 valence electrons. The molecule has 33 heavy (non-hydrogen) atoms. The first-order valence-corrected chi connectivity index (χ1v) is 13.6. The molecule has 1 aliphatic heterocycles. The van der Waals surface area contributed by atoms with Crippen molar-refractivity contribution in [3.8, 4) is 0 Å². The summed E-state index contributed by atoms with van der Waals surface area (Å²) >= 11 is 12.1. The number of anilines is 1. The lowest BCUT2D eigenvalue weighted by Gasteiger charge is -2.45. The molecule has 3 aromatic rings. The van der Waals surface area contributed by atoms with E-state index in [4.69, 9.17) is 32.4 Å².